The van der Waals surface area contributed by atoms with Crippen molar-refractivity contribution in [3.05, 3.63) is 83.5 Å². The van der Waals surface area contributed by atoms with Crippen LogP contribution in [0.4, 0.5) is 13.2 Å². The summed E-state index contributed by atoms with van der Waals surface area (Å²) >= 11 is 0. The first-order valence-electron chi connectivity index (χ1n) is 9.76. The van der Waals surface area contributed by atoms with Gasteiger partial charge in [-0.3, -0.25) is 9.48 Å². The van der Waals surface area contributed by atoms with Gasteiger partial charge in [-0.25, -0.2) is 9.38 Å². The number of rotatable bonds is 7. The van der Waals surface area contributed by atoms with E-state index in [9.17, 15) is 18.0 Å². The molecule has 1 aliphatic heterocycles. The zero-order valence-electron chi connectivity index (χ0n) is 17.5. The number of benzene rings is 1. The topological polar surface area (TPSA) is 68.5 Å². The number of aryl methyl sites for hydroxylation is 1. The second kappa shape index (κ2) is 7.93. The Balaban J connectivity index is 1.67. The SMILES string of the molecule is C=C=C(N=C(C1=C[CH]1)C1(NC(=O)c2cc(C(C)(F)F)nn2C)COC1)c1cccc(F)c1. The van der Waals surface area contributed by atoms with E-state index in [4.69, 9.17) is 4.74 Å². The molecule has 1 fully saturated rings. The standard InChI is InChI=1S/C23H20F3N4O2/c1-4-17(15-6-5-7-16(24)10-15)27-20(14-8-9-14)23(12-32-13-23)28-21(31)18-11-19(22(2,25)26)29-30(18)3/h5-11H,1,12-13H2,2-3H3,(H,28,31). The summed E-state index contributed by atoms with van der Waals surface area (Å²) in [5, 5.41) is 6.62. The van der Waals surface area contributed by atoms with E-state index in [2.05, 4.69) is 27.7 Å². The summed E-state index contributed by atoms with van der Waals surface area (Å²) in [6, 6.07) is 6.91. The van der Waals surface area contributed by atoms with Gasteiger partial charge < -0.3 is 10.1 Å². The van der Waals surface area contributed by atoms with E-state index >= 15 is 0 Å². The highest BCUT2D eigenvalue weighted by Gasteiger charge is 2.48. The van der Waals surface area contributed by atoms with Gasteiger partial charge in [-0.05, 0) is 23.8 Å². The van der Waals surface area contributed by atoms with Crippen LogP contribution >= 0.6 is 0 Å². The number of amides is 1. The van der Waals surface area contributed by atoms with Crippen LogP contribution in [0.2, 0.25) is 0 Å². The number of nitrogens with one attached hydrogen (secondary N) is 1. The Morgan fingerprint density at radius 2 is 2.09 bits per heavy atom. The fourth-order valence-electron chi connectivity index (χ4n) is 3.35. The van der Waals surface area contributed by atoms with Gasteiger partial charge in [0.15, 0.2) is 0 Å². The molecular weight excluding hydrogens is 421 g/mol. The van der Waals surface area contributed by atoms with Gasteiger partial charge in [-0.2, -0.15) is 13.9 Å². The van der Waals surface area contributed by atoms with Crippen LogP contribution in [0.5, 0.6) is 0 Å². The molecule has 2 aromatic rings. The number of alkyl halides is 2. The Bertz CT molecular complexity index is 1200. The second-order valence-electron chi connectivity index (χ2n) is 7.74. The molecule has 0 bridgehead atoms. The lowest BCUT2D eigenvalue weighted by atomic mass is 9.88. The molecule has 1 saturated heterocycles. The highest BCUT2D eigenvalue weighted by atomic mass is 19.3. The number of carbonyl (C=O) groups excluding carboxylic acids is 1. The number of halogens is 3. The Kier molecular flexibility index (Phi) is 5.40. The average Bonchev–Trinajstić information content (AvgIpc) is 3.45. The van der Waals surface area contributed by atoms with Crippen molar-refractivity contribution in [2.75, 3.05) is 13.2 Å². The number of aromatic nitrogens is 2. The van der Waals surface area contributed by atoms with Crippen molar-refractivity contribution in [1.82, 2.24) is 15.1 Å². The molecule has 0 unspecified atom stereocenters. The monoisotopic (exact) mass is 441 g/mol. The molecule has 9 heteroatoms. The molecular formula is C23H20F3N4O2. The fraction of sp³-hybridized carbons (Fsp3) is 0.261. The van der Waals surface area contributed by atoms with Gasteiger partial charge >= 0.3 is 0 Å². The maximum atomic E-state index is 13.7. The molecule has 1 N–H and O–H groups in total. The number of aliphatic imine (C=N–C) groups is 1. The lowest BCUT2D eigenvalue weighted by Gasteiger charge is -2.42. The van der Waals surface area contributed by atoms with E-state index in [0.717, 1.165) is 16.3 Å². The quantitative estimate of drug-likeness (QED) is 0.528. The molecule has 32 heavy (non-hydrogen) atoms. The van der Waals surface area contributed by atoms with Crippen LogP contribution in [-0.4, -0.2) is 40.2 Å². The van der Waals surface area contributed by atoms with Gasteiger partial charge in [0.1, 0.15) is 28.4 Å². The van der Waals surface area contributed by atoms with Crippen molar-refractivity contribution in [2.24, 2.45) is 12.0 Å². The molecule has 2 heterocycles. The molecule has 1 radical (unpaired) electrons. The molecule has 0 atom stereocenters. The van der Waals surface area contributed by atoms with Gasteiger partial charge in [-0.15, -0.1) is 5.73 Å². The largest absolute Gasteiger partial charge is 0.376 e. The number of ether oxygens (including phenoxy) is 1. The summed E-state index contributed by atoms with van der Waals surface area (Å²) in [6.45, 7) is 4.63. The average molecular weight is 441 g/mol. The zero-order chi connectivity index (χ0) is 23.1. The van der Waals surface area contributed by atoms with E-state index in [1.807, 2.05) is 12.5 Å². The van der Waals surface area contributed by atoms with Crippen molar-refractivity contribution < 1.29 is 22.7 Å². The third-order valence-corrected chi connectivity index (χ3v) is 5.16. The van der Waals surface area contributed by atoms with E-state index in [-0.39, 0.29) is 18.9 Å². The summed E-state index contributed by atoms with van der Waals surface area (Å²) < 4.78 is 47.5. The highest BCUT2D eigenvalue weighted by Crippen LogP contribution is 2.33. The molecule has 165 valence electrons. The highest BCUT2D eigenvalue weighted by molar-refractivity contribution is 6.16. The van der Waals surface area contributed by atoms with Crippen LogP contribution in [0, 0.1) is 12.2 Å². The molecule has 4 rings (SSSR count). The fourth-order valence-corrected chi connectivity index (χ4v) is 3.35. The van der Waals surface area contributed by atoms with Crippen LogP contribution < -0.4 is 5.32 Å². The number of hydrogen-bond acceptors (Lipinski definition) is 4. The number of allylic oxidation sites excluding steroid dienone is 1. The predicted octanol–water partition coefficient (Wildman–Crippen LogP) is 3.58. The third kappa shape index (κ3) is 4.17. The summed E-state index contributed by atoms with van der Waals surface area (Å²) in [6.07, 6.45) is 3.63. The summed E-state index contributed by atoms with van der Waals surface area (Å²) in [5.74, 6) is -4.20. The van der Waals surface area contributed by atoms with Gasteiger partial charge in [0.05, 0.1) is 18.9 Å². The second-order valence-corrected chi connectivity index (χ2v) is 7.74. The molecule has 0 saturated carbocycles. The number of hydrogen-bond donors (Lipinski definition) is 1. The minimum absolute atomic E-state index is 0.0227. The minimum atomic E-state index is -3.18. The Morgan fingerprint density at radius 3 is 2.59 bits per heavy atom. The van der Waals surface area contributed by atoms with Crippen molar-refractivity contribution in [2.45, 2.75) is 18.4 Å². The summed E-state index contributed by atoms with van der Waals surface area (Å²) in [5.41, 5.74) is 3.25. The Morgan fingerprint density at radius 1 is 1.38 bits per heavy atom. The molecule has 2 aliphatic rings. The Hall–Kier alpha value is -3.42. The first kappa shape index (κ1) is 21.8. The molecule has 1 aromatic heterocycles. The van der Waals surface area contributed by atoms with E-state index in [1.54, 1.807) is 12.1 Å². The maximum absolute atomic E-state index is 13.7. The zero-order valence-corrected chi connectivity index (χ0v) is 17.5. The van der Waals surface area contributed by atoms with Crippen molar-refractivity contribution >= 4 is 17.3 Å². The van der Waals surface area contributed by atoms with Crippen LogP contribution in [0.15, 0.2) is 59.3 Å². The molecule has 1 amide bonds. The molecule has 6 nitrogen and oxygen atoms in total. The molecule has 1 aliphatic carbocycles. The van der Waals surface area contributed by atoms with Gasteiger partial charge in [0.25, 0.3) is 11.8 Å². The van der Waals surface area contributed by atoms with E-state index < -0.39 is 28.9 Å². The lowest BCUT2D eigenvalue weighted by molar-refractivity contribution is -0.0332. The van der Waals surface area contributed by atoms with Crippen molar-refractivity contribution in [3.63, 3.8) is 0 Å². The third-order valence-electron chi connectivity index (χ3n) is 5.16. The minimum Gasteiger partial charge on any atom is -0.376 e. The van der Waals surface area contributed by atoms with Crippen LogP contribution in [0.3, 0.4) is 0 Å². The smallest absolute Gasteiger partial charge is 0.288 e. The Labute approximate surface area is 182 Å². The normalized spacial score (nSPS) is 17.2. The van der Waals surface area contributed by atoms with Crippen LogP contribution in [-0.2, 0) is 17.7 Å². The van der Waals surface area contributed by atoms with Crippen LogP contribution in [0.1, 0.15) is 28.7 Å². The van der Waals surface area contributed by atoms with Gasteiger partial charge in [0, 0.05) is 26.0 Å². The summed E-state index contributed by atoms with van der Waals surface area (Å²) in [4.78, 5) is 17.6. The number of nitrogens with zero attached hydrogens (tertiary/aromatic N) is 3. The van der Waals surface area contributed by atoms with Crippen molar-refractivity contribution in [3.8, 4) is 0 Å². The van der Waals surface area contributed by atoms with E-state index in [0.29, 0.717) is 23.9 Å². The molecule has 0 spiro atoms. The number of carbonyl (C=O) groups is 1. The van der Waals surface area contributed by atoms with Gasteiger partial charge in [-0.1, -0.05) is 24.8 Å². The maximum Gasteiger partial charge on any atom is 0.288 e. The summed E-state index contributed by atoms with van der Waals surface area (Å²) in [7, 11) is 1.42. The molecule has 1 aromatic carbocycles. The van der Waals surface area contributed by atoms with Crippen molar-refractivity contribution in [1.29, 1.82) is 0 Å². The lowest BCUT2D eigenvalue weighted by Crippen LogP contribution is -2.67. The van der Waals surface area contributed by atoms with E-state index in [1.165, 1.54) is 19.2 Å². The predicted molar refractivity (Wildman–Crippen MR) is 113 cm³/mol. The van der Waals surface area contributed by atoms with Crippen LogP contribution in [0.25, 0.3) is 5.70 Å². The van der Waals surface area contributed by atoms with Gasteiger partial charge in [0.2, 0.25) is 0 Å². The first-order chi connectivity index (χ1) is 15.1. The first-order valence-corrected chi connectivity index (χ1v) is 9.76.